The Labute approximate surface area is 167 Å². The van der Waals surface area contributed by atoms with Crippen molar-refractivity contribution in [2.45, 2.75) is 50.0 Å². The molecule has 152 valence electrons. The quantitative estimate of drug-likeness (QED) is 0.786. The molecule has 0 bridgehead atoms. The molecule has 1 aromatic carbocycles. The second-order valence-electron chi connectivity index (χ2n) is 8.68. The van der Waals surface area contributed by atoms with Crippen LogP contribution in [0.15, 0.2) is 24.3 Å². The Balaban J connectivity index is 1.50. The van der Waals surface area contributed by atoms with Crippen molar-refractivity contribution in [2.24, 2.45) is 0 Å². The van der Waals surface area contributed by atoms with Crippen LogP contribution < -0.4 is 4.74 Å². The van der Waals surface area contributed by atoms with Crippen LogP contribution in [-0.2, 0) is 4.79 Å². The molecule has 1 atom stereocenters. The maximum absolute atomic E-state index is 12.8. The molecule has 0 aliphatic carbocycles. The zero-order chi connectivity index (χ0) is 19.7. The summed E-state index contributed by atoms with van der Waals surface area (Å²) in [7, 11) is 3.58. The Hall–Kier alpha value is -2.24. The number of carbonyl (C=O) groups excluding carboxylic acids is 2. The Bertz CT molecular complexity index is 734. The third kappa shape index (κ3) is 3.69. The topological polar surface area (TPSA) is 53.1 Å². The van der Waals surface area contributed by atoms with E-state index in [-0.39, 0.29) is 23.5 Å². The fourth-order valence-electron chi connectivity index (χ4n) is 4.93. The van der Waals surface area contributed by atoms with Crippen LogP contribution in [0.2, 0.25) is 0 Å². The molecule has 3 aliphatic heterocycles. The Morgan fingerprint density at radius 1 is 1.07 bits per heavy atom. The van der Waals surface area contributed by atoms with Gasteiger partial charge in [-0.15, -0.1) is 0 Å². The average molecular weight is 386 g/mol. The molecule has 2 fully saturated rings. The number of benzene rings is 1. The molecule has 6 heteroatoms. The summed E-state index contributed by atoms with van der Waals surface area (Å²) in [6, 6.07) is 8.23. The van der Waals surface area contributed by atoms with E-state index in [4.69, 9.17) is 4.74 Å². The molecule has 2 saturated heterocycles. The number of ether oxygens (including phenoxy) is 1. The highest BCUT2D eigenvalue weighted by atomic mass is 16.5. The molecule has 0 radical (unpaired) electrons. The van der Waals surface area contributed by atoms with Gasteiger partial charge in [0.1, 0.15) is 11.4 Å². The van der Waals surface area contributed by atoms with Crippen LogP contribution in [0.5, 0.6) is 5.75 Å². The van der Waals surface area contributed by atoms with Gasteiger partial charge in [-0.2, -0.15) is 0 Å². The number of hydrogen-bond donors (Lipinski definition) is 0. The summed E-state index contributed by atoms with van der Waals surface area (Å²) in [6.45, 7) is 3.20. The summed E-state index contributed by atoms with van der Waals surface area (Å²) in [4.78, 5) is 30.7. The minimum Gasteiger partial charge on any atom is -0.487 e. The largest absolute Gasteiger partial charge is 0.487 e. The highest BCUT2D eigenvalue weighted by Gasteiger charge is 2.44. The lowest BCUT2D eigenvalue weighted by molar-refractivity contribution is -0.131. The predicted octanol–water partition coefficient (Wildman–Crippen LogP) is 3.08. The van der Waals surface area contributed by atoms with Crippen LogP contribution in [0.3, 0.4) is 0 Å². The van der Waals surface area contributed by atoms with E-state index in [1.54, 1.807) is 19.0 Å². The molecule has 3 aliphatic rings. The van der Waals surface area contributed by atoms with E-state index >= 15 is 0 Å². The van der Waals surface area contributed by atoms with E-state index in [1.165, 1.54) is 0 Å². The summed E-state index contributed by atoms with van der Waals surface area (Å²) in [5.74, 6) is 1.38. The van der Waals surface area contributed by atoms with Crippen LogP contribution in [0.4, 0.5) is 4.79 Å². The van der Waals surface area contributed by atoms with Gasteiger partial charge in [0.15, 0.2) is 0 Å². The first-order valence-corrected chi connectivity index (χ1v) is 10.5. The highest BCUT2D eigenvalue weighted by Crippen LogP contribution is 2.46. The van der Waals surface area contributed by atoms with Crippen LogP contribution >= 0.6 is 0 Å². The smallest absolute Gasteiger partial charge is 0.319 e. The summed E-state index contributed by atoms with van der Waals surface area (Å²) in [5.41, 5.74) is 0.889. The number of fused-ring (bicyclic) bond motifs is 1. The first-order chi connectivity index (χ1) is 13.5. The van der Waals surface area contributed by atoms with Gasteiger partial charge in [-0.1, -0.05) is 18.2 Å². The van der Waals surface area contributed by atoms with Gasteiger partial charge in [-0.05, 0) is 30.9 Å². The molecule has 1 unspecified atom stereocenters. The van der Waals surface area contributed by atoms with Crippen molar-refractivity contribution in [3.05, 3.63) is 29.8 Å². The van der Waals surface area contributed by atoms with Crippen molar-refractivity contribution in [3.63, 3.8) is 0 Å². The molecular weight excluding hydrogens is 354 g/mol. The van der Waals surface area contributed by atoms with Gasteiger partial charge in [0.25, 0.3) is 0 Å². The minimum atomic E-state index is -0.270. The molecule has 0 saturated carbocycles. The molecule has 0 N–H and O–H groups in total. The fraction of sp³-hybridized carbons (Fsp3) is 0.636. The summed E-state index contributed by atoms with van der Waals surface area (Å²) in [6.07, 6.45) is 5.28. The lowest BCUT2D eigenvalue weighted by Gasteiger charge is -2.47. The van der Waals surface area contributed by atoms with Gasteiger partial charge in [-0.3, -0.25) is 4.79 Å². The zero-order valence-electron chi connectivity index (χ0n) is 17.0. The standard InChI is InChI=1S/C22H31N3O3/c1-23(2)21(27)25-13-9-22(10-14-25)16-17(15-20(26)24-11-5-6-12-24)18-7-3-4-8-19(18)28-22/h3-4,7-8,17H,5-6,9-16H2,1-2H3. The van der Waals surface area contributed by atoms with Crippen molar-refractivity contribution >= 4 is 11.9 Å². The molecule has 3 heterocycles. The normalized spacial score (nSPS) is 23.3. The fourth-order valence-corrected chi connectivity index (χ4v) is 4.93. The van der Waals surface area contributed by atoms with Gasteiger partial charge in [0, 0.05) is 65.5 Å². The summed E-state index contributed by atoms with van der Waals surface area (Å²) < 4.78 is 6.51. The van der Waals surface area contributed by atoms with Crippen molar-refractivity contribution in [2.75, 3.05) is 40.3 Å². The van der Waals surface area contributed by atoms with Gasteiger partial charge in [0.2, 0.25) is 5.91 Å². The number of piperidine rings is 1. The van der Waals surface area contributed by atoms with Crippen molar-refractivity contribution in [1.29, 1.82) is 0 Å². The van der Waals surface area contributed by atoms with E-state index in [1.807, 2.05) is 28.0 Å². The zero-order valence-corrected chi connectivity index (χ0v) is 17.0. The van der Waals surface area contributed by atoms with Gasteiger partial charge >= 0.3 is 6.03 Å². The Morgan fingerprint density at radius 3 is 2.43 bits per heavy atom. The monoisotopic (exact) mass is 385 g/mol. The van der Waals surface area contributed by atoms with Crippen LogP contribution in [0.1, 0.15) is 50.0 Å². The van der Waals surface area contributed by atoms with Gasteiger partial charge < -0.3 is 19.4 Å². The van der Waals surface area contributed by atoms with E-state index in [0.717, 1.165) is 56.5 Å². The first kappa shape index (κ1) is 19.1. The molecule has 4 rings (SSSR count). The molecule has 3 amide bonds. The Kier molecular flexibility index (Phi) is 5.21. The molecule has 6 nitrogen and oxygen atoms in total. The van der Waals surface area contributed by atoms with Crippen LogP contribution in [0, 0.1) is 0 Å². The number of nitrogens with zero attached hydrogens (tertiary/aromatic N) is 3. The average Bonchev–Trinajstić information content (AvgIpc) is 3.23. The van der Waals surface area contributed by atoms with E-state index in [9.17, 15) is 9.59 Å². The van der Waals surface area contributed by atoms with Crippen molar-refractivity contribution in [1.82, 2.24) is 14.7 Å². The minimum absolute atomic E-state index is 0.0619. The van der Waals surface area contributed by atoms with Crippen molar-refractivity contribution < 1.29 is 14.3 Å². The molecular formula is C22H31N3O3. The number of amides is 3. The van der Waals surface area contributed by atoms with E-state index < -0.39 is 0 Å². The summed E-state index contributed by atoms with van der Waals surface area (Å²) >= 11 is 0. The third-order valence-corrected chi connectivity index (χ3v) is 6.51. The second-order valence-corrected chi connectivity index (χ2v) is 8.68. The number of urea groups is 1. The first-order valence-electron chi connectivity index (χ1n) is 10.5. The number of carbonyl (C=O) groups is 2. The predicted molar refractivity (Wildman–Crippen MR) is 107 cm³/mol. The van der Waals surface area contributed by atoms with Crippen LogP contribution in [-0.4, -0.2) is 72.5 Å². The maximum atomic E-state index is 12.8. The highest BCUT2D eigenvalue weighted by molar-refractivity contribution is 5.77. The van der Waals surface area contributed by atoms with Gasteiger partial charge in [-0.25, -0.2) is 4.79 Å². The SMILES string of the molecule is CN(C)C(=O)N1CCC2(CC1)CC(CC(=O)N1CCCC1)c1ccccc1O2. The molecule has 1 spiro atoms. The van der Waals surface area contributed by atoms with Crippen molar-refractivity contribution in [3.8, 4) is 5.75 Å². The lowest BCUT2D eigenvalue weighted by atomic mass is 9.76. The number of hydrogen-bond acceptors (Lipinski definition) is 3. The third-order valence-electron chi connectivity index (χ3n) is 6.51. The second kappa shape index (κ2) is 7.64. The lowest BCUT2D eigenvalue weighted by Crippen LogP contribution is -2.53. The maximum Gasteiger partial charge on any atom is 0.319 e. The molecule has 0 aromatic heterocycles. The molecule has 1 aromatic rings. The number of para-hydroxylation sites is 1. The summed E-state index contributed by atoms with van der Waals surface area (Å²) in [5, 5.41) is 0. The molecule has 28 heavy (non-hydrogen) atoms. The number of rotatable bonds is 2. The van der Waals surface area contributed by atoms with Crippen LogP contribution in [0.25, 0.3) is 0 Å². The van der Waals surface area contributed by atoms with Gasteiger partial charge in [0.05, 0.1) is 0 Å². The number of likely N-dealkylation sites (tertiary alicyclic amines) is 2. The van der Waals surface area contributed by atoms with E-state index in [2.05, 4.69) is 6.07 Å². The Morgan fingerprint density at radius 2 is 1.75 bits per heavy atom. The van der Waals surface area contributed by atoms with E-state index in [0.29, 0.717) is 19.5 Å².